The van der Waals surface area contributed by atoms with Gasteiger partial charge in [-0.1, -0.05) is 69.7 Å². The molecule has 0 bridgehead atoms. The first-order valence-electron chi connectivity index (χ1n) is 11.3. The summed E-state index contributed by atoms with van der Waals surface area (Å²) in [6.45, 7) is 20.1. The summed E-state index contributed by atoms with van der Waals surface area (Å²) in [4.78, 5) is 21.7. The van der Waals surface area contributed by atoms with E-state index in [1.807, 2.05) is 0 Å². The SMILES string of the molecule is C=C(/C=C/[C@@H]1C(C)=CCCC1(C)C)OC(C)=O.CC(=O)/C=C/[C@@H]1C(C)=CCCC1(C)C. The van der Waals surface area contributed by atoms with Crippen molar-refractivity contribution in [1.29, 1.82) is 0 Å². The molecule has 0 N–H and O–H groups in total. The molecule has 2 aliphatic carbocycles. The lowest BCUT2D eigenvalue weighted by Gasteiger charge is -2.36. The molecule has 0 amide bonds. The molecule has 0 heterocycles. The second-order valence-electron chi connectivity index (χ2n) is 10.3. The van der Waals surface area contributed by atoms with E-state index >= 15 is 0 Å². The lowest BCUT2D eigenvalue weighted by atomic mass is 9.68. The first-order chi connectivity index (χ1) is 14.3. The van der Waals surface area contributed by atoms with Gasteiger partial charge in [-0.05, 0) is 69.4 Å². The molecule has 0 radical (unpaired) electrons. The minimum atomic E-state index is -0.324. The number of allylic oxidation sites excluding steroid dienone is 8. The topological polar surface area (TPSA) is 43.4 Å². The second-order valence-corrected chi connectivity index (χ2v) is 10.3. The molecule has 0 fully saturated rings. The highest BCUT2D eigenvalue weighted by Crippen LogP contribution is 2.42. The fourth-order valence-corrected chi connectivity index (χ4v) is 4.62. The van der Waals surface area contributed by atoms with E-state index in [-0.39, 0.29) is 17.2 Å². The van der Waals surface area contributed by atoms with Crippen LogP contribution in [-0.4, -0.2) is 11.8 Å². The highest BCUT2D eigenvalue weighted by molar-refractivity contribution is 5.87. The first kappa shape index (κ1) is 26.9. The highest BCUT2D eigenvalue weighted by Gasteiger charge is 2.31. The van der Waals surface area contributed by atoms with E-state index < -0.39 is 0 Å². The van der Waals surface area contributed by atoms with Gasteiger partial charge in [0, 0.05) is 18.8 Å². The molecule has 0 unspecified atom stereocenters. The molecule has 172 valence electrons. The fourth-order valence-electron chi connectivity index (χ4n) is 4.62. The van der Waals surface area contributed by atoms with Crippen LogP contribution in [0.2, 0.25) is 0 Å². The Morgan fingerprint density at radius 3 is 1.68 bits per heavy atom. The largest absolute Gasteiger partial charge is 0.427 e. The van der Waals surface area contributed by atoms with Gasteiger partial charge in [-0.25, -0.2) is 0 Å². The van der Waals surface area contributed by atoms with Gasteiger partial charge in [0.25, 0.3) is 0 Å². The molecule has 0 aromatic heterocycles. The van der Waals surface area contributed by atoms with Crippen LogP contribution in [0.5, 0.6) is 0 Å². The van der Waals surface area contributed by atoms with E-state index in [0.29, 0.717) is 23.0 Å². The monoisotopic (exact) mass is 426 g/mol. The number of esters is 1. The Balaban J connectivity index is 0.000000316. The quantitative estimate of drug-likeness (QED) is 0.150. The molecular formula is C28H42O3. The predicted octanol–water partition coefficient (Wildman–Crippen LogP) is 7.52. The minimum Gasteiger partial charge on any atom is -0.427 e. The van der Waals surface area contributed by atoms with Crippen LogP contribution in [0.1, 0.15) is 81.1 Å². The third-order valence-corrected chi connectivity index (χ3v) is 6.45. The van der Waals surface area contributed by atoms with Gasteiger partial charge in [0.2, 0.25) is 0 Å². The predicted molar refractivity (Wildman–Crippen MR) is 130 cm³/mol. The van der Waals surface area contributed by atoms with Crippen molar-refractivity contribution in [3.8, 4) is 0 Å². The summed E-state index contributed by atoms with van der Waals surface area (Å²) in [7, 11) is 0. The van der Waals surface area contributed by atoms with Gasteiger partial charge in [-0.15, -0.1) is 0 Å². The van der Waals surface area contributed by atoms with Gasteiger partial charge in [-0.3, -0.25) is 9.59 Å². The molecule has 3 heteroatoms. The lowest BCUT2D eigenvalue weighted by molar-refractivity contribution is -0.136. The Labute approximate surface area is 190 Å². The molecule has 0 spiro atoms. The van der Waals surface area contributed by atoms with Gasteiger partial charge in [-0.2, -0.15) is 0 Å². The van der Waals surface area contributed by atoms with Crippen molar-refractivity contribution < 1.29 is 14.3 Å². The van der Waals surface area contributed by atoms with E-state index in [1.165, 1.54) is 37.3 Å². The van der Waals surface area contributed by atoms with Crippen LogP contribution in [0.3, 0.4) is 0 Å². The third-order valence-electron chi connectivity index (χ3n) is 6.45. The van der Waals surface area contributed by atoms with Crippen molar-refractivity contribution in [2.75, 3.05) is 0 Å². The molecule has 3 nitrogen and oxygen atoms in total. The normalized spacial score (nSPS) is 24.6. The summed E-state index contributed by atoms with van der Waals surface area (Å²) < 4.78 is 4.91. The summed E-state index contributed by atoms with van der Waals surface area (Å²) in [5, 5.41) is 0. The van der Waals surface area contributed by atoms with Crippen LogP contribution in [0.15, 0.2) is 59.9 Å². The van der Waals surface area contributed by atoms with E-state index in [4.69, 9.17) is 4.74 Å². The van der Waals surface area contributed by atoms with Crippen molar-refractivity contribution >= 4 is 11.8 Å². The van der Waals surface area contributed by atoms with Crippen LogP contribution in [0.25, 0.3) is 0 Å². The average molecular weight is 427 g/mol. The van der Waals surface area contributed by atoms with Crippen LogP contribution >= 0.6 is 0 Å². The number of ether oxygens (including phenoxy) is 1. The van der Waals surface area contributed by atoms with Gasteiger partial charge in [0.05, 0.1) is 0 Å². The number of ketones is 1. The summed E-state index contributed by atoms with van der Waals surface area (Å²) in [5.41, 5.74) is 3.34. The molecular weight excluding hydrogens is 384 g/mol. The number of hydrogen-bond donors (Lipinski definition) is 0. The summed E-state index contributed by atoms with van der Waals surface area (Å²) in [6.07, 6.45) is 16.9. The summed E-state index contributed by atoms with van der Waals surface area (Å²) in [5.74, 6) is 1.05. The number of carbonyl (C=O) groups excluding carboxylic acids is 2. The Kier molecular flexibility index (Phi) is 9.93. The Morgan fingerprint density at radius 2 is 1.32 bits per heavy atom. The first-order valence-corrected chi connectivity index (χ1v) is 11.3. The molecule has 0 aromatic rings. The lowest BCUT2D eigenvalue weighted by Crippen LogP contribution is -2.26. The summed E-state index contributed by atoms with van der Waals surface area (Å²) >= 11 is 0. The van der Waals surface area contributed by atoms with Gasteiger partial charge >= 0.3 is 5.97 Å². The Morgan fingerprint density at radius 1 is 0.903 bits per heavy atom. The second kappa shape index (κ2) is 11.5. The molecule has 2 aliphatic rings. The van der Waals surface area contributed by atoms with Gasteiger partial charge in [0.1, 0.15) is 5.76 Å². The van der Waals surface area contributed by atoms with Crippen molar-refractivity contribution in [2.45, 2.75) is 81.1 Å². The molecule has 0 aromatic carbocycles. The molecule has 2 rings (SSSR count). The fraction of sp³-hybridized carbons (Fsp3) is 0.571. The van der Waals surface area contributed by atoms with Gasteiger partial charge < -0.3 is 4.74 Å². The standard InChI is InChI=1S/C15H22O2.C13H20O/c1-11-7-6-10-15(4,5)14(11)9-8-12(2)17-13(3)16;1-10-6-5-9-13(3,4)12(10)8-7-11(2)14/h7-9,14H,2,6,10H2,1,3-5H3;6-8,12H,5,9H2,1-4H3/b9-8+;8-7+/t14-;12-/m11/s1. The third kappa shape index (κ3) is 8.85. The van der Waals surface area contributed by atoms with Crippen LogP contribution in [0.4, 0.5) is 0 Å². The van der Waals surface area contributed by atoms with Crippen molar-refractivity contribution in [3.05, 3.63) is 59.9 Å². The van der Waals surface area contributed by atoms with Crippen LogP contribution in [-0.2, 0) is 14.3 Å². The molecule has 2 atom stereocenters. The maximum absolute atomic E-state index is 10.9. The molecule has 31 heavy (non-hydrogen) atoms. The maximum atomic E-state index is 10.9. The minimum absolute atomic E-state index is 0.138. The zero-order chi connectivity index (χ0) is 23.8. The number of hydrogen-bond acceptors (Lipinski definition) is 3. The Bertz CT molecular complexity index is 787. The number of carbonyl (C=O) groups is 2. The van der Waals surface area contributed by atoms with E-state index in [9.17, 15) is 9.59 Å². The van der Waals surface area contributed by atoms with Crippen molar-refractivity contribution in [1.82, 2.24) is 0 Å². The zero-order valence-electron chi connectivity index (χ0n) is 20.9. The average Bonchev–Trinajstić information content (AvgIpc) is 2.59. The van der Waals surface area contributed by atoms with E-state index in [0.717, 1.165) is 6.42 Å². The van der Waals surface area contributed by atoms with Crippen molar-refractivity contribution in [2.24, 2.45) is 22.7 Å². The van der Waals surface area contributed by atoms with Gasteiger partial charge in [0.15, 0.2) is 5.78 Å². The van der Waals surface area contributed by atoms with E-state index in [2.05, 4.69) is 72.4 Å². The zero-order valence-corrected chi connectivity index (χ0v) is 20.9. The molecule has 0 saturated carbocycles. The molecule has 0 aliphatic heterocycles. The highest BCUT2D eigenvalue weighted by atomic mass is 16.5. The maximum Gasteiger partial charge on any atom is 0.308 e. The van der Waals surface area contributed by atoms with Crippen molar-refractivity contribution in [3.63, 3.8) is 0 Å². The Hall–Kier alpha value is -2.16. The molecule has 0 saturated heterocycles. The summed E-state index contributed by atoms with van der Waals surface area (Å²) in [6, 6.07) is 0. The number of rotatable bonds is 5. The van der Waals surface area contributed by atoms with E-state index in [1.54, 1.807) is 19.1 Å². The van der Waals surface area contributed by atoms with Crippen LogP contribution < -0.4 is 0 Å². The van der Waals surface area contributed by atoms with Crippen LogP contribution in [0, 0.1) is 22.7 Å². The smallest absolute Gasteiger partial charge is 0.308 e.